The molecule has 13 heavy (non-hydrogen) atoms. The van der Waals surface area contributed by atoms with E-state index in [1.54, 1.807) is 0 Å². The molecule has 1 aromatic rings. The maximum Gasteiger partial charge on any atom is 0.314 e. The van der Waals surface area contributed by atoms with Gasteiger partial charge in [0.05, 0.1) is 0 Å². The molecule has 0 unspecified atom stereocenters. The second-order valence-electron chi connectivity index (χ2n) is 2.72. The van der Waals surface area contributed by atoms with Gasteiger partial charge in [-0.05, 0) is 35.7 Å². The first kappa shape index (κ1) is 10.5. The maximum absolute atomic E-state index is 10.4. The zero-order valence-electron chi connectivity index (χ0n) is 7.10. The zero-order valence-corrected chi connectivity index (χ0v) is 9.45. The van der Waals surface area contributed by atoms with Crippen LogP contribution in [0.2, 0.25) is 0 Å². The Balaban J connectivity index is 2.72. The standard InChI is InChI=1S/C9H9BrClNO/c1-6-2-3-7(8(10)4-6)5-12-9(11)13/h2-4H,5H2,1H3,(H,12,13). The Morgan fingerprint density at radius 1 is 1.62 bits per heavy atom. The highest BCUT2D eigenvalue weighted by Gasteiger charge is 2.00. The lowest BCUT2D eigenvalue weighted by Gasteiger charge is -2.04. The van der Waals surface area contributed by atoms with Crippen LogP contribution in [-0.4, -0.2) is 5.37 Å². The van der Waals surface area contributed by atoms with Crippen LogP contribution in [-0.2, 0) is 6.54 Å². The van der Waals surface area contributed by atoms with E-state index < -0.39 is 5.37 Å². The number of hydrogen-bond acceptors (Lipinski definition) is 1. The monoisotopic (exact) mass is 261 g/mol. The number of carbonyl (C=O) groups is 1. The molecular weight excluding hydrogens is 253 g/mol. The van der Waals surface area contributed by atoms with Crippen molar-refractivity contribution in [2.24, 2.45) is 0 Å². The highest BCUT2D eigenvalue weighted by atomic mass is 79.9. The van der Waals surface area contributed by atoms with E-state index in [0.29, 0.717) is 6.54 Å². The summed E-state index contributed by atoms with van der Waals surface area (Å²) in [5.74, 6) is 0. The predicted octanol–water partition coefficient (Wildman–Crippen LogP) is 3.21. The molecule has 0 radical (unpaired) electrons. The molecule has 0 saturated carbocycles. The molecular formula is C9H9BrClNO. The third kappa shape index (κ3) is 3.36. The van der Waals surface area contributed by atoms with Gasteiger partial charge in [0.1, 0.15) is 0 Å². The van der Waals surface area contributed by atoms with E-state index >= 15 is 0 Å². The van der Waals surface area contributed by atoms with Gasteiger partial charge in [-0.2, -0.15) is 0 Å². The summed E-state index contributed by atoms with van der Waals surface area (Å²) >= 11 is 8.55. The number of carbonyl (C=O) groups excluding carboxylic acids is 1. The van der Waals surface area contributed by atoms with Crippen molar-refractivity contribution in [2.75, 3.05) is 0 Å². The van der Waals surface area contributed by atoms with Gasteiger partial charge in [-0.3, -0.25) is 4.79 Å². The molecule has 0 saturated heterocycles. The predicted molar refractivity (Wildman–Crippen MR) is 57.0 cm³/mol. The third-order valence-corrected chi connectivity index (χ3v) is 2.50. The second kappa shape index (κ2) is 4.63. The van der Waals surface area contributed by atoms with Gasteiger partial charge in [-0.25, -0.2) is 0 Å². The Bertz CT molecular complexity index is 327. The Labute approximate surface area is 90.4 Å². The zero-order chi connectivity index (χ0) is 9.84. The molecule has 0 aliphatic heterocycles. The number of aryl methyl sites for hydroxylation is 1. The van der Waals surface area contributed by atoms with E-state index in [1.165, 1.54) is 5.56 Å². The average Bonchev–Trinajstić information content (AvgIpc) is 2.02. The van der Waals surface area contributed by atoms with Gasteiger partial charge in [0.25, 0.3) is 0 Å². The smallest absolute Gasteiger partial charge is 0.314 e. The van der Waals surface area contributed by atoms with Crippen molar-refractivity contribution in [3.8, 4) is 0 Å². The summed E-state index contributed by atoms with van der Waals surface area (Å²) in [6, 6.07) is 5.93. The topological polar surface area (TPSA) is 29.1 Å². The number of amides is 1. The van der Waals surface area contributed by atoms with E-state index in [9.17, 15) is 4.79 Å². The molecule has 1 N–H and O–H groups in total. The molecule has 0 aliphatic carbocycles. The molecule has 4 heteroatoms. The van der Waals surface area contributed by atoms with Gasteiger partial charge in [-0.15, -0.1) is 0 Å². The normalized spacial score (nSPS) is 9.77. The first-order chi connectivity index (χ1) is 6.09. The number of benzene rings is 1. The van der Waals surface area contributed by atoms with Crippen molar-refractivity contribution in [3.05, 3.63) is 33.8 Å². The van der Waals surface area contributed by atoms with Crippen LogP contribution in [0.15, 0.2) is 22.7 Å². The molecule has 0 bridgehead atoms. The summed E-state index contributed by atoms with van der Waals surface area (Å²) in [7, 11) is 0. The van der Waals surface area contributed by atoms with Crippen molar-refractivity contribution in [3.63, 3.8) is 0 Å². The quantitative estimate of drug-likeness (QED) is 0.643. The van der Waals surface area contributed by atoms with E-state index in [0.717, 1.165) is 10.0 Å². The SMILES string of the molecule is Cc1ccc(CNC(=O)Cl)c(Br)c1. The second-order valence-corrected chi connectivity index (χ2v) is 3.92. The highest BCUT2D eigenvalue weighted by Crippen LogP contribution is 2.17. The summed E-state index contributed by atoms with van der Waals surface area (Å²) in [6.07, 6.45) is 0. The Morgan fingerprint density at radius 3 is 2.85 bits per heavy atom. The maximum atomic E-state index is 10.4. The lowest BCUT2D eigenvalue weighted by Crippen LogP contribution is -2.15. The van der Waals surface area contributed by atoms with Crippen molar-refractivity contribution in [1.29, 1.82) is 0 Å². The van der Waals surface area contributed by atoms with Crippen molar-refractivity contribution >= 4 is 32.9 Å². The van der Waals surface area contributed by atoms with Crippen LogP contribution in [0.5, 0.6) is 0 Å². The van der Waals surface area contributed by atoms with Gasteiger partial charge >= 0.3 is 5.37 Å². The summed E-state index contributed by atoms with van der Waals surface area (Å²) in [5, 5.41) is 1.98. The minimum absolute atomic E-state index is 0.448. The molecule has 0 aromatic heterocycles. The fourth-order valence-electron chi connectivity index (χ4n) is 0.960. The molecule has 0 fully saturated rings. The van der Waals surface area contributed by atoms with Crippen LogP contribution in [0.3, 0.4) is 0 Å². The fourth-order valence-corrected chi connectivity index (χ4v) is 1.66. The summed E-state index contributed by atoms with van der Waals surface area (Å²) in [6.45, 7) is 2.46. The van der Waals surface area contributed by atoms with Crippen LogP contribution in [0.25, 0.3) is 0 Å². The molecule has 0 heterocycles. The van der Waals surface area contributed by atoms with E-state index in [2.05, 4.69) is 21.2 Å². The van der Waals surface area contributed by atoms with Crippen molar-refractivity contribution in [1.82, 2.24) is 5.32 Å². The first-order valence-electron chi connectivity index (χ1n) is 3.78. The van der Waals surface area contributed by atoms with Crippen molar-refractivity contribution in [2.45, 2.75) is 13.5 Å². The molecule has 0 atom stereocenters. The van der Waals surface area contributed by atoms with E-state index in [4.69, 9.17) is 11.6 Å². The van der Waals surface area contributed by atoms with E-state index in [1.807, 2.05) is 25.1 Å². The highest BCUT2D eigenvalue weighted by molar-refractivity contribution is 9.10. The molecule has 1 aromatic carbocycles. The molecule has 0 aliphatic rings. The first-order valence-corrected chi connectivity index (χ1v) is 4.95. The molecule has 0 spiro atoms. The molecule has 70 valence electrons. The largest absolute Gasteiger partial charge is 0.338 e. The van der Waals surface area contributed by atoms with Gasteiger partial charge < -0.3 is 5.32 Å². The van der Waals surface area contributed by atoms with Crippen LogP contribution >= 0.6 is 27.5 Å². The Morgan fingerprint density at radius 2 is 2.31 bits per heavy atom. The number of nitrogens with one attached hydrogen (secondary N) is 1. The Hall–Kier alpha value is -0.540. The van der Waals surface area contributed by atoms with E-state index in [-0.39, 0.29) is 0 Å². The number of rotatable bonds is 2. The van der Waals surface area contributed by atoms with Gasteiger partial charge in [0, 0.05) is 11.0 Å². The lowest BCUT2D eigenvalue weighted by molar-refractivity contribution is 0.259. The lowest BCUT2D eigenvalue weighted by atomic mass is 10.1. The van der Waals surface area contributed by atoms with Crippen LogP contribution in [0.4, 0.5) is 4.79 Å². The van der Waals surface area contributed by atoms with Gasteiger partial charge in [0.15, 0.2) is 0 Å². The summed E-state index contributed by atoms with van der Waals surface area (Å²) < 4.78 is 0.984. The fraction of sp³-hybridized carbons (Fsp3) is 0.222. The van der Waals surface area contributed by atoms with Crippen LogP contribution in [0, 0.1) is 6.92 Å². The summed E-state index contributed by atoms with van der Waals surface area (Å²) in [5.41, 5.74) is 2.19. The summed E-state index contributed by atoms with van der Waals surface area (Å²) in [4.78, 5) is 10.4. The third-order valence-electron chi connectivity index (χ3n) is 1.63. The minimum atomic E-state index is -0.535. The molecule has 1 amide bonds. The van der Waals surface area contributed by atoms with Crippen LogP contribution < -0.4 is 5.32 Å². The number of hydrogen-bond donors (Lipinski definition) is 1. The molecule has 1 rings (SSSR count). The number of halogens is 2. The Kier molecular flexibility index (Phi) is 3.75. The minimum Gasteiger partial charge on any atom is -0.338 e. The van der Waals surface area contributed by atoms with Gasteiger partial charge in [0.2, 0.25) is 0 Å². The molecule has 2 nitrogen and oxygen atoms in total. The van der Waals surface area contributed by atoms with Crippen LogP contribution in [0.1, 0.15) is 11.1 Å². The average molecular weight is 263 g/mol. The van der Waals surface area contributed by atoms with Gasteiger partial charge in [-0.1, -0.05) is 28.1 Å². The van der Waals surface area contributed by atoms with Crippen molar-refractivity contribution < 1.29 is 4.79 Å².